The number of anilines is 2. The number of nitrogens with zero attached hydrogens (tertiary/aromatic N) is 3. The Bertz CT molecular complexity index is 926. The van der Waals surface area contributed by atoms with Gasteiger partial charge in [-0.1, -0.05) is 30.4 Å². The van der Waals surface area contributed by atoms with Gasteiger partial charge in [0.25, 0.3) is 0 Å². The predicted octanol–water partition coefficient (Wildman–Crippen LogP) is 3.41. The second-order valence-corrected chi connectivity index (χ2v) is 10.1. The van der Waals surface area contributed by atoms with Gasteiger partial charge in [-0.2, -0.15) is 0 Å². The lowest BCUT2D eigenvalue weighted by Gasteiger charge is -2.27. The second kappa shape index (κ2) is 8.12. The van der Waals surface area contributed by atoms with Crippen LogP contribution in [-0.2, 0) is 16.5 Å². The first kappa shape index (κ1) is 19.4. The van der Waals surface area contributed by atoms with Crippen LogP contribution >= 0.6 is 23.6 Å². The SMILES string of the molecule is CCCN(Cn1nc(Nc2ccccc2F)sc1=S)[C@H]1CCS(=O)(=O)C1. The molecule has 1 saturated heterocycles. The van der Waals surface area contributed by atoms with Crippen molar-refractivity contribution in [3.63, 3.8) is 0 Å². The Labute approximate surface area is 161 Å². The lowest BCUT2D eigenvalue weighted by Crippen LogP contribution is -2.38. The van der Waals surface area contributed by atoms with Crippen LogP contribution < -0.4 is 5.32 Å². The van der Waals surface area contributed by atoms with E-state index < -0.39 is 9.84 Å². The molecule has 26 heavy (non-hydrogen) atoms. The summed E-state index contributed by atoms with van der Waals surface area (Å²) in [5.41, 5.74) is 0.343. The van der Waals surface area contributed by atoms with Gasteiger partial charge in [-0.05, 0) is 43.7 Å². The summed E-state index contributed by atoms with van der Waals surface area (Å²) in [6.07, 6.45) is 1.55. The highest BCUT2D eigenvalue weighted by atomic mass is 32.2. The van der Waals surface area contributed by atoms with Gasteiger partial charge in [-0.3, -0.25) is 4.90 Å². The van der Waals surface area contributed by atoms with Crippen molar-refractivity contribution in [2.75, 3.05) is 23.4 Å². The molecule has 0 unspecified atom stereocenters. The van der Waals surface area contributed by atoms with Crippen molar-refractivity contribution >= 4 is 44.2 Å². The second-order valence-electron chi connectivity index (χ2n) is 6.29. The molecule has 1 aliphatic heterocycles. The summed E-state index contributed by atoms with van der Waals surface area (Å²) in [5, 5.41) is 7.90. The van der Waals surface area contributed by atoms with Gasteiger partial charge in [0.1, 0.15) is 5.82 Å². The van der Waals surface area contributed by atoms with Crippen LogP contribution in [0.15, 0.2) is 24.3 Å². The summed E-state index contributed by atoms with van der Waals surface area (Å²) in [6.45, 7) is 3.26. The Morgan fingerprint density at radius 1 is 1.46 bits per heavy atom. The first-order valence-corrected chi connectivity index (χ1v) is 11.5. The third kappa shape index (κ3) is 4.67. The predicted molar refractivity (Wildman–Crippen MR) is 105 cm³/mol. The monoisotopic (exact) mass is 416 g/mol. The molecule has 1 atom stereocenters. The van der Waals surface area contributed by atoms with Crippen molar-refractivity contribution in [1.29, 1.82) is 0 Å². The summed E-state index contributed by atoms with van der Waals surface area (Å²) in [4.78, 5) is 2.12. The fraction of sp³-hybridized carbons (Fsp3) is 0.500. The Morgan fingerprint density at radius 3 is 2.88 bits per heavy atom. The summed E-state index contributed by atoms with van der Waals surface area (Å²) in [7, 11) is -2.95. The number of halogens is 1. The zero-order valence-corrected chi connectivity index (χ0v) is 16.8. The van der Waals surface area contributed by atoms with E-state index in [2.05, 4.69) is 22.2 Å². The quantitative estimate of drug-likeness (QED) is 0.698. The molecule has 1 N–H and O–H groups in total. The average molecular weight is 417 g/mol. The molecule has 10 heteroatoms. The molecular weight excluding hydrogens is 395 g/mol. The van der Waals surface area contributed by atoms with Crippen molar-refractivity contribution in [2.24, 2.45) is 0 Å². The number of hydrogen-bond donors (Lipinski definition) is 1. The van der Waals surface area contributed by atoms with Crippen molar-refractivity contribution in [3.8, 4) is 0 Å². The normalized spacial score (nSPS) is 19.1. The molecule has 2 aromatic rings. The lowest BCUT2D eigenvalue weighted by molar-refractivity contribution is 0.156. The van der Waals surface area contributed by atoms with Crippen molar-refractivity contribution < 1.29 is 12.8 Å². The molecule has 1 fully saturated rings. The summed E-state index contributed by atoms with van der Waals surface area (Å²) < 4.78 is 39.6. The molecule has 1 aromatic carbocycles. The molecule has 0 bridgehead atoms. The lowest BCUT2D eigenvalue weighted by atomic mass is 10.2. The van der Waals surface area contributed by atoms with E-state index in [0.29, 0.717) is 27.9 Å². The van der Waals surface area contributed by atoms with E-state index in [4.69, 9.17) is 12.2 Å². The van der Waals surface area contributed by atoms with Gasteiger partial charge in [0, 0.05) is 6.04 Å². The number of aromatic nitrogens is 2. The van der Waals surface area contributed by atoms with Gasteiger partial charge in [0.05, 0.1) is 23.9 Å². The Morgan fingerprint density at radius 2 is 2.23 bits per heavy atom. The minimum Gasteiger partial charge on any atom is -0.328 e. The number of para-hydroxylation sites is 1. The van der Waals surface area contributed by atoms with Crippen LogP contribution in [-0.4, -0.2) is 47.2 Å². The molecular formula is C16H21FN4O2S3. The summed E-state index contributed by atoms with van der Waals surface area (Å²) >= 11 is 6.65. The maximum atomic E-state index is 13.8. The Kier molecular flexibility index (Phi) is 6.06. The van der Waals surface area contributed by atoms with E-state index in [9.17, 15) is 12.8 Å². The maximum absolute atomic E-state index is 13.8. The number of nitrogens with one attached hydrogen (secondary N) is 1. The van der Waals surface area contributed by atoms with E-state index in [1.807, 2.05) is 0 Å². The van der Waals surface area contributed by atoms with E-state index in [0.717, 1.165) is 13.0 Å². The number of hydrogen-bond acceptors (Lipinski definition) is 7. The molecule has 0 amide bonds. The first-order chi connectivity index (χ1) is 12.4. The zero-order chi connectivity index (χ0) is 18.7. The number of sulfone groups is 1. The highest BCUT2D eigenvalue weighted by Crippen LogP contribution is 2.24. The van der Waals surface area contributed by atoms with E-state index in [1.54, 1.807) is 22.9 Å². The van der Waals surface area contributed by atoms with Gasteiger partial charge in [0.2, 0.25) is 5.13 Å². The third-order valence-electron chi connectivity index (χ3n) is 4.27. The maximum Gasteiger partial charge on any atom is 0.209 e. The summed E-state index contributed by atoms with van der Waals surface area (Å²) in [6, 6.07) is 6.37. The fourth-order valence-corrected chi connectivity index (χ4v) is 5.78. The van der Waals surface area contributed by atoms with Crippen LogP contribution in [0.5, 0.6) is 0 Å². The van der Waals surface area contributed by atoms with Crippen LogP contribution in [0.25, 0.3) is 0 Å². The van der Waals surface area contributed by atoms with Gasteiger partial charge >= 0.3 is 0 Å². The van der Waals surface area contributed by atoms with E-state index >= 15 is 0 Å². The largest absolute Gasteiger partial charge is 0.328 e. The highest BCUT2D eigenvalue weighted by Gasteiger charge is 2.32. The van der Waals surface area contributed by atoms with Gasteiger partial charge in [-0.15, -0.1) is 5.10 Å². The molecule has 0 aliphatic carbocycles. The van der Waals surface area contributed by atoms with Crippen molar-refractivity contribution in [3.05, 3.63) is 34.0 Å². The van der Waals surface area contributed by atoms with Crippen LogP contribution in [0.4, 0.5) is 15.2 Å². The first-order valence-electron chi connectivity index (χ1n) is 8.42. The van der Waals surface area contributed by atoms with Crippen molar-refractivity contribution in [2.45, 2.75) is 32.5 Å². The number of rotatable bonds is 7. The molecule has 1 aliphatic rings. The van der Waals surface area contributed by atoms with Crippen LogP contribution in [0, 0.1) is 9.77 Å². The zero-order valence-electron chi connectivity index (χ0n) is 14.4. The molecule has 0 spiro atoms. The highest BCUT2D eigenvalue weighted by molar-refractivity contribution is 7.91. The summed E-state index contributed by atoms with van der Waals surface area (Å²) in [5.74, 6) is 0.0644. The molecule has 1 aromatic heterocycles. The fourth-order valence-electron chi connectivity index (χ4n) is 3.02. The van der Waals surface area contributed by atoms with Crippen LogP contribution in [0.1, 0.15) is 19.8 Å². The molecule has 0 radical (unpaired) electrons. The van der Waals surface area contributed by atoms with Gasteiger partial charge in [-0.25, -0.2) is 17.5 Å². The Hall–Kier alpha value is -1.36. The topological polar surface area (TPSA) is 67.2 Å². The molecule has 6 nitrogen and oxygen atoms in total. The van der Waals surface area contributed by atoms with Gasteiger partial charge < -0.3 is 5.32 Å². The minimum absolute atomic E-state index is 0.00785. The number of benzene rings is 1. The smallest absolute Gasteiger partial charge is 0.209 e. The Balaban J connectivity index is 1.75. The molecule has 0 saturated carbocycles. The molecule has 3 rings (SSSR count). The molecule has 142 valence electrons. The van der Waals surface area contributed by atoms with Crippen LogP contribution in [0.3, 0.4) is 0 Å². The standard InChI is InChI=1S/C16H21FN4O2S3/c1-2-8-20(12-7-9-26(22,23)10-12)11-21-16(24)25-15(19-21)18-14-6-4-3-5-13(14)17/h3-6,12H,2,7-11H2,1H3,(H,18,19)/t12-/m0/s1. The average Bonchev–Trinajstić information content (AvgIpc) is 3.11. The van der Waals surface area contributed by atoms with E-state index in [1.165, 1.54) is 17.4 Å². The van der Waals surface area contributed by atoms with E-state index in [-0.39, 0.29) is 23.4 Å². The van der Waals surface area contributed by atoms with Gasteiger partial charge in [0.15, 0.2) is 13.8 Å². The van der Waals surface area contributed by atoms with Crippen LogP contribution in [0.2, 0.25) is 0 Å². The minimum atomic E-state index is -2.95. The molecule has 2 heterocycles. The third-order valence-corrected chi connectivity index (χ3v) is 7.25. The van der Waals surface area contributed by atoms with Crippen molar-refractivity contribution in [1.82, 2.24) is 14.7 Å².